The summed E-state index contributed by atoms with van der Waals surface area (Å²) in [5.74, 6) is -0.397. The lowest BCUT2D eigenvalue weighted by Gasteiger charge is -2.18. The molecular formula is C28H25N5O. The van der Waals surface area contributed by atoms with Crippen molar-refractivity contribution in [2.45, 2.75) is 12.3 Å². The summed E-state index contributed by atoms with van der Waals surface area (Å²) >= 11 is 0. The van der Waals surface area contributed by atoms with E-state index in [1.165, 1.54) is 0 Å². The zero-order valence-electron chi connectivity index (χ0n) is 18.7. The average Bonchev–Trinajstić information content (AvgIpc) is 2.90. The molecule has 0 aliphatic rings. The maximum Gasteiger partial charge on any atom is 0.233 e. The normalized spacial score (nSPS) is 11.4. The van der Waals surface area contributed by atoms with Crippen LogP contribution in [0.25, 0.3) is 11.3 Å². The summed E-state index contributed by atoms with van der Waals surface area (Å²) in [5.41, 5.74) is 5.22. The van der Waals surface area contributed by atoms with E-state index in [9.17, 15) is 4.79 Å². The number of nitrogens with zero attached hydrogens (tertiary/aromatic N) is 3. The predicted molar refractivity (Wildman–Crippen MR) is 133 cm³/mol. The summed E-state index contributed by atoms with van der Waals surface area (Å²) in [6.45, 7) is 1.25. The number of benzene rings is 3. The number of carbonyl (C=O) groups excluding carboxylic acids is 1. The molecule has 4 aromatic rings. The molecule has 0 bridgehead atoms. The smallest absolute Gasteiger partial charge is 0.233 e. The highest BCUT2D eigenvalue weighted by molar-refractivity contribution is 5.96. The minimum atomic E-state index is -0.332. The Morgan fingerprint density at radius 1 is 0.912 bits per heavy atom. The number of rotatable bonds is 9. The Balaban J connectivity index is 1.38. The van der Waals surface area contributed by atoms with Crippen LogP contribution in [0.3, 0.4) is 0 Å². The molecule has 0 radical (unpaired) electrons. The third-order valence-corrected chi connectivity index (χ3v) is 5.56. The van der Waals surface area contributed by atoms with Gasteiger partial charge in [0.05, 0.1) is 23.2 Å². The molecule has 0 fully saturated rings. The maximum absolute atomic E-state index is 13.2. The fourth-order valence-corrected chi connectivity index (χ4v) is 3.68. The number of amides is 1. The molecule has 1 heterocycles. The van der Waals surface area contributed by atoms with E-state index in [0.29, 0.717) is 12.1 Å². The standard InChI is InChI=1S/C28H25N5O/c29-19-22-10-8-21(9-11-22)16-18-30-20-26(23-5-2-1-3-6-23)28(34)32-25-14-12-24(13-15-25)27-7-4-17-31-33-27/h1-15,17,26,30H,16,18,20H2,(H,32,34). The van der Waals surface area contributed by atoms with Crippen LogP contribution in [0.5, 0.6) is 0 Å². The van der Waals surface area contributed by atoms with Crippen LogP contribution in [0.15, 0.2) is 97.2 Å². The summed E-state index contributed by atoms with van der Waals surface area (Å²) in [7, 11) is 0. The number of aromatic nitrogens is 2. The Morgan fingerprint density at radius 3 is 2.35 bits per heavy atom. The molecule has 0 aliphatic heterocycles. The molecule has 0 spiro atoms. The summed E-state index contributed by atoms with van der Waals surface area (Å²) < 4.78 is 0. The molecule has 0 saturated heterocycles. The van der Waals surface area contributed by atoms with E-state index < -0.39 is 0 Å². The summed E-state index contributed by atoms with van der Waals surface area (Å²) in [4.78, 5) is 13.2. The Bertz CT molecular complexity index is 1230. The molecule has 1 aromatic heterocycles. The fourth-order valence-electron chi connectivity index (χ4n) is 3.68. The van der Waals surface area contributed by atoms with E-state index in [2.05, 4.69) is 26.9 Å². The van der Waals surface area contributed by atoms with Gasteiger partial charge >= 0.3 is 0 Å². The predicted octanol–water partition coefficient (Wildman–Crippen LogP) is 4.57. The van der Waals surface area contributed by atoms with Gasteiger partial charge in [-0.2, -0.15) is 15.5 Å². The molecule has 2 N–H and O–H groups in total. The van der Waals surface area contributed by atoms with Crippen molar-refractivity contribution in [2.24, 2.45) is 0 Å². The Hall–Kier alpha value is -4.34. The second kappa shape index (κ2) is 11.5. The van der Waals surface area contributed by atoms with Gasteiger partial charge < -0.3 is 10.6 Å². The van der Waals surface area contributed by atoms with Gasteiger partial charge in [0.15, 0.2) is 0 Å². The van der Waals surface area contributed by atoms with Crippen molar-refractivity contribution in [3.8, 4) is 17.3 Å². The van der Waals surface area contributed by atoms with E-state index in [1.54, 1.807) is 6.20 Å². The first kappa shape index (κ1) is 22.8. The van der Waals surface area contributed by atoms with Crippen molar-refractivity contribution in [2.75, 3.05) is 18.4 Å². The molecule has 1 amide bonds. The van der Waals surface area contributed by atoms with E-state index >= 15 is 0 Å². The van der Waals surface area contributed by atoms with Crippen LogP contribution >= 0.6 is 0 Å². The molecule has 0 saturated carbocycles. The molecule has 34 heavy (non-hydrogen) atoms. The average molecular weight is 448 g/mol. The molecule has 4 rings (SSSR count). The number of hydrogen-bond donors (Lipinski definition) is 2. The number of carbonyl (C=O) groups is 1. The van der Waals surface area contributed by atoms with Crippen molar-refractivity contribution in [1.82, 2.24) is 15.5 Å². The van der Waals surface area contributed by atoms with Crippen LogP contribution in [0, 0.1) is 11.3 Å². The van der Waals surface area contributed by atoms with E-state index in [-0.39, 0.29) is 11.8 Å². The third-order valence-electron chi connectivity index (χ3n) is 5.56. The first-order valence-electron chi connectivity index (χ1n) is 11.2. The quantitative estimate of drug-likeness (QED) is 0.367. The number of anilines is 1. The highest BCUT2D eigenvalue weighted by Crippen LogP contribution is 2.21. The van der Waals surface area contributed by atoms with E-state index in [0.717, 1.165) is 41.0 Å². The minimum Gasteiger partial charge on any atom is -0.326 e. The van der Waals surface area contributed by atoms with Crippen LogP contribution in [-0.4, -0.2) is 29.2 Å². The number of nitriles is 1. The van der Waals surface area contributed by atoms with Crippen LogP contribution in [-0.2, 0) is 11.2 Å². The highest BCUT2D eigenvalue weighted by Gasteiger charge is 2.20. The third kappa shape index (κ3) is 6.12. The summed E-state index contributed by atoms with van der Waals surface area (Å²) in [5, 5.41) is 23.4. The van der Waals surface area contributed by atoms with Crippen LogP contribution < -0.4 is 10.6 Å². The van der Waals surface area contributed by atoms with Crippen molar-refractivity contribution >= 4 is 11.6 Å². The zero-order valence-corrected chi connectivity index (χ0v) is 18.7. The second-order valence-corrected chi connectivity index (χ2v) is 7.90. The van der Waals surface area contributed by atoms with Crippen LogP contribution in [0.4, 0.5) is 5.69 Å². The maximum atomic E-state index is 13.2. The molecule has 3 aromatic carbocycles. The Morgan fingerprint density at radius 2 is 1.68 bits per heavy atom. The molecule has 6 nitrogen and oxygen atoms in total. The van der Waals surface area contributed by atoms with Gasteiger partial charge in [-0.15, -0.1) is 0 Å². The monoisotopic (exact) mass is 447 g/mol. The lowest BCUT2D eigenvalue weighted by molar-refractivity contribution is -0.117. The zero-order chi connectivity index (χ0) is 23.6. The summed E-state index contributed by atoms with van der Waals surface area (Å²) in [6.07, 6.45) is 2.46. The molecule has 6 heteroatoms. The minimum absolute atomic E-state index is 0.0654. The molecule has 168 valence electrons. The van der Waals surface area contributed by atoms with Crippen molar-refractivity contribution in [3.05, 3.63) is 114 Å². The van der Waals surface area contributed by atoms with Gasteiger partial charge in [0.25, 0.3) is 0 Å². The van der Waals surface area contributed by atoms with Gasteiger partial charge in [-0.1, -0.05) is 54.6 Å². The van der Waals surface area contributed by atoms with E-state index in [1.807, 2.05) is 91.0 Å². The number of nitrogens with one attached hydrogen (secondary N) is 2. The van der Waals surface area contributed by atoms with Gasteiger partial charge in [0.2, 0.25) is 5.91 Å². The molecule has 0 aliphatic carbocycles. The topological polar surface area (TPSA) is 90.7 Å². The molecule has 1 atom stereocenters. The van der Waals surface area contributed by atoms with Gasteiger partial charge in [0, 0.05) is 24.0 Å². The highest BCUT2D eigenvalue weighted by atomic mass is 16.1. The van der Waals surface area contributed by atoms with Crippen molar-refractivity contribution < 1.29 is 4.79 Å². The first-order valence-corrected chi connectivity index (χ1v) is 11.2. The summed E-state index contributed by atoms with van der Waals surface area (Å²) in [6, 6.07) is 30.8. The molecular weight excluding hydrogens is 422 g/mol. The van der Waals surface area contributed by atoms with Gasteiger partial charge in [-0.3, -0.25) is 4.79 Å². The lowest BCUT2D eigenvalue weighted by Crippen LogP contribution is -2.32. The van der Waals surface area contributed by atoms with Gasteiger partial charge in [-0.05, 0) is 60.5 Å². The first-order chi connectivity index (χ1) is 16.7. The SMILES string of the molecule is N#Cc1ccc(CCNCC(C(=O)Nc2ccc(-c3cccnn3)cc2)c2ccccc2)cc1. The van der Waals surface area contributed by atoms with Crippen molar-refractivity contribution in [1.29, 1.82) is 5.26 Å². The van der Waals surface area contributed by atoms with Gasteiger partial charge in [-0.25, -0.2) is 0 Å². The van der Waals surface area contributed by atoms with Crippen LogP contribution in [0.1, 0.15) is 22.6 Å². The van der Waals surface area contributed by atoms with Gasteiger partial charge in [0.1, 0.15) is 0 Å². The second-order valence-electron chi connectivity index (χ2n) is 7.90. The number of hydrogen-bond acceptors (Lipinski definition) is 5. The van der Waals surface area contributed by atoms with Crippen molar-refractivity contribution in [3.63, 3.8) is 0 Å². The lowest BCUT2D eigenvalue weighted by atomic mass is 9.97. The fraction of sp³-hybridized carbons (Fsp3) is 0.143. The van der Waals surface area contributed by atoms with E-state index in [4.69, 9.17) is 5.26 Å². The molecule has 1 unspecified atom stereocenters. The van der Waals surface area contributed by atoms with Crippen LogP contribution in [0.2, 0.25) is 0 Å². The Kier molecular flexibility index (Phi) is 7.73. The Labute approximate surface area is 199 Å². The largest absolute Gasteiger partial charge is 0.326 e.